The van der Waals surface area contributed by atoms with Gasteiger partial charge in [-0.1, -0.05) is 39.7 Å². The van der Waals surface area contributed by atoms with Crippen molar-refractivity contribution in [3.05, 3.63) is 68.7 Å². The van der Waals surface area contributed by atoms with Crippen LogP contribution in [-0.2, 0) is 22.3 Å². The summed E-state index contributed by atoms with van der Waals surface area (Å²) in [7, 11) is 1.59. The number of benzene rings is 1. The lowest BCUT2D eigenvalue weighted by Gasteiger charge is -2.17. The predicted octanol–water partition coefficient (Wildman–Crippen LogP) is 5.30. The van der Waals surface area contributed by atoms with E-state index < -0.39 is 6.29 Å². The zero-order valence-corrected chi connectivity index (χ0v) is 16.0. The van der Waals surface area contributed by atoms with E-state index in [9.17, 15) is 0 Å². The van der Waals surface area contributed by atoms with E-state index in [0.717, 1.165) is 25.0 Å². The Morgan fingerprint density at radius 2 is 2.08 bits per heavy atom. The van der Waals surface area contributed by atoms with E-state index >= 15 is 0 Å². The highest BCUT2D eigenvalue weighted by Crippen LogP contribution is 2.41. The van der Waals surface area contributed by atoms with Crippen LogP contribution in [0.4, 0.5) is 0 Å². The molecule has 25 heavy (non-hydrogen) atoms. The van der Waals surface area contributed by atoms with Gasteiger partial charge in [0.15, 0.2) is 0 Å². The summed E-state index contributed by atoms with van der Waals surface area (Å²) in [6, 6.07) is 8.21. The summed E-state index contributed by atoms with van der Waals surface area (Å²) in [6.45, 7) is 0. The highest BCUT2D eigenvalue weighted by Gasteiger charge is 2.28. The first-order valence-electron chi connectivity index (χ1n) is 8.14. The molecule has 1 atom stereocenters. The Labute approximate surface area is 159 Å². The Morgan fingerprint density at radius 3 is 2.84 bits per heavy atom. The molecule has 2 aromatic rings. The normalized spacial score (nSPS) is 18.8. The van der Waals surface area contributed by atoms with Crippen LogP contribution in [0.15, 0.2) is 41.3 Å². The minimum atomic E-state index is -0.558. The molecule has 1 aliphatic carbocycles. The minimum absolute atomic E-state index is 0.411. The van der Waals surface area contributed by atoms with Crippen molar-refractivity contribution in [2.24, 2.45) is 0 Å². The molecule has 0 N–H and O–H groups in total. The molecule has 2 heterocycles. The summed E-state index contributed by atoms with van der Waals surface area (Å²) in [5.41, 5.74) is 4.30. The second kappa shape index (κ2) is 6.89. The van der Waals surface area contributed by atoms with Crippen molar-refractivity contribution >= 4 is 27.5 Å². The number of ether oxygens (including phenoxy) is 3. The van der Waals surface area contributed by atoms with E-state index in [4.69, 9.17) is 25.8 Å². The summed E-state index contributed by atoms with van der Waals surface area (Å²) in [5, 5.41) is 0.610. The maximum absolute atomic E-state index is 6.51. The lowest BCUT2D eigenvalue weighted by molar-refractivity contribution is -0.0265. The van der Waals surface area contributed by atoms with Crippen molar-refractivity contribution in [3.8, 4) is 5.88 Å². The lowest BCUT2D eigenvalue weighted by Crippen LogP contribution is -2.08. The van der Waals surface area contributed by atoms with Crippen molar-refractivity contribution in [2.45, 2.75) is 31.5 Å². The van der Waals surface area contributed by atoms with Crippen molar-refractivity contribution in [2.75, 3.05) is 7.11 Å². The number of halogens is 2. The maximum Gasteiger partial charge on any atom is 0.271 e. The van der Waals surface area contributed by atoms with Gasteiger partial charge in [-0.25, -0.2) is 4.98 Å². The summed E-state index contributed by atoms with van der Waals surface area (Å²) in [4.78, 5) is 4.64. The molecule has 1 unspecified atom stereocenters. The molecular weight excluding hydrogens is 406 g/mol. The molecule has 1 aliphatic heterocycles. The molecule has 1 aromatic carbocycles. The number of nitrogens with zero attached hydrogens (tertiary/aromatic N) is 1. The van der Waals surface area contributed by atoms with E-state index in [0.29, 0.717) is 22.4 Å². The maximum atomic E-state index is 6.51. The quantitative estimate of drug-likeness (QED) is 0.671. The molecule has 6 heteroatoms. The van der Waals surface area contributed by atoms with Gasteiger partial charge in [0.25, 0.3) is 6.29 Å². The van der Waals surface area contributed by atoms with Gasteiger partial charge in [0.1, 0.15) is 12.5 Å². The van der Waals surface area contributed by atoms with Crippen molar-refractivity contribution < 1.29 is 14.2 Å². The average Bonchev–Trinajstić information content (AvgIpc) is 3.27. The van der Waals surface area contributed by atoms with Crippen LogP contribution >= 0.6 is 27.5 Å². The van der Waals surface area contributed by atoms with Gasteiger partial charge in [-0.2, -0.15) is 0 Å². The van der Waals surface area contributed by atoms with E-state index in [2.05, 4.69) is 39.1 Å². The molecule has 4 rings (SSSR count). The second-order valence-electron chi connectivity index (χ2n) is 6.14. The van der Waals surface area contributed by atoms with Gasteiger partial charge >= 0.3 is 0 Å². The fourth-order valence-corrected chi connectivity index (χ4v) is 4.34. The first-order valence-corrected chi connectivity index (χ1v) is 9.31. The number of pyridine rings is 1. The monoisotopic (exact) mass is 421 g/mol. The van der Waals surface area contributed by atoms with E-state index in [1.165, 1.54) is 28.1 Å². The fraction of sp³-hybridized carbons (Fsp3) is 0.316. The van der Waals surface area contributed by atoms with Crippen molar-refractivity contribution in [1.29, 1.82) is 0 Å². The Bertz CT molecular complexity index is 832. The van der Waals surface area contributed by atoms with Crippen LogP contribution in [0, 0.1) is 0 Å². The number of rotatable bonds is 4. The first-order chi connectivity index (χ1) is 12.2. The third-order valence-corrected chi connectivity index (χ3v) is 5.80. The lowest BCUT2D eigenvalue weighted by atomic mass is 9.95. The number of fused-ring (bicyclic) bond motifs is 1. The smallest absolute Gasteiger partial charge is 0.271 e. The van der Waals surface area contributed by atoms with Gasteiger partial charge in [-0.15, -0.1) is 0 Å². The molecule has 2 aliphatic rings. The number of hydrogen-bond donors (Lipinski definition) is 0. The van der Waals surface area contributed by atoms with Gasteiger partial charge < -0.3 is 14.2 Å². The molecule has 0 amide bonds. The Morgan fingerprint density at radius 1 is 1.28 bits per heavy atom. The molecule has 0 radical (unpaired) electrons. The largest absolute Gasteiger partial charge is 0.481 e. The van der Waals surface area contributed by atoms with Crippen LogP contribution in [0.5, 0.6) is 5.88 Å². The third-order valence-electron chi connectivity index (χ3n) is 4.73. The van der Waals surface area contributed by atoms with Gasteiger partial charge in [-0.3, -0.25) is 0 Å². The summed E-state index contributed by atoms with van der Waals surface area (Å²) in [6.07, 6.45) is 5.39. The molecular formula is C19H17BrClNO3. The first kappa shape index (κ1) is 16.7. The molecule has 0 bridgehead atoms. The van der Waals surface area contributed by atoms with Crippen LogP contribution in [-0.4, -0.2) is 12.1 Å². The molecule has 4 nitrogen and oxygen atoms in total. The highest BCUT2D eigenvalue weighted by atomic mass is 79.9. The van der Waals surface area contributed by atoms with E-state index in [-0.39, 0.29) is 0 Å². The van der Waals surface area contributed by atoms with E-state index in [1.54, 1.807) is 7.11 Å². The Kier molecular flexibility index (Phi) is 4.61. The second-order valence-corrected chi connectivity index (χ2v) is 7.40. The Hall–Kier alpha value is -1.72. The molecule has 0 spiro atoms. The van der Waals surface area contributed by atoms with Crippen LogP contribution in [0.25, 0.3) is 0 Å². The average molecular weight is 423 g/mol. The summed E-state index contributed by atoms with van der Waals surface area (Å²) >= 11 is 10.2. The van der Waals surface area contributed by atoms with Gasteiger partial charge in [0.05, 0.1) is 23.4 Å². The molecule has 0 fully saturated rings. The minimum Gasteiger partial charge on any atom is -0.481 e. The molecule has 0 saturated carbocycles. The van der Waals surface area contributed by atoms with Gasteiger partial charge in [-0.05, 0) is 48.4 Å². The van der Waals surface area contributed by atoms with Crippen LogP contribution in [0.3, 0.4) is 0 Å². The van der Waals surface area contributed by atoms with Crippen LogP contribution in [0.2, 0.25) is 5.02 Å². The van der Waals surface area contributed by atoms with Gasteiger partial charge in [0.2, 0.25) is 5.88 Å². The number of hydrogen-bond acceptors (Lipinski definition) is 4. The predicted molar refractivity (Wildman–Crippen MR) is 98.8 cm³/mol. The third kappa shape index (κ3) is 3.11. The number of methoxy groups -OCH3 is 1. The van der Waals surface area contributed by atoms with Crippen molar-refractivity contribution in [3.63, 3.8) is 0 Å². The van der Waals surface area contributed by atoms with Crippen LogP contribution < -0.4 is 4.74 Å². The highest BCUT2D eigenvalue weighted by molar-refractivity contribution is 9.10. The fourth-order valence-electron chi connectivity index (χ4n) is 3.52. The molecule has 1 aromatic heterocycles. The number of aromatic nitrogens is 1. The molecule has 0 saturated heterocycles. The summed E-state index contributed by atoms with van der Waals surface area (Å²) in [5.74, 6) is 0.897. The van der Waals surface area contributed by atoms with E-state index in [1.807, 2.05) is 6.07 Å². The topological polar surface area (TPSA) is 40.6 Å². The standard InChI is InChI=1S/C19H17BrClNO3/c1-23-18-14(19-24-7-8-25-19)10-16(21)17(22-18)9-11-5-6-13-12(11)3-2-4-15(13)20/h2-4,7-8,10-11,19H,5-6,9H2,1H3. The zero-order chi connectivity index (χ0) is 17.4. The Balaban J connectivity index is 1.63. The molecule has 130 valence electrons. The summed E-state index contributed by atoms with van der Waals surface area (Å²) < 4.78 is 17.4. The zero-order valence-electron chi connectivity index (χ0n) is 13.7. The van der Waals surface area contributed by atoms with Crippen molar-refractivity contribution in [1.82, 2.24) is 4.98 Å². The van der Waals surface area contributed by atoms with Crippen LogP contribution in [0.1, 0.15) is 41.0 Å². The van der Waals surface area contributed by atoms with Gasteiger partial charge in [0, 0.05) is 4.47 Å². The SMILES string of the molecule is COc1nc(CC2CCc3c(Br)cccc32)c(Cl)cc1C1OC=CO1.